The summed E-state index contributed by atoms with van der Waals surface area (Å²) in [4.78, 5) is 50.2. The van der Waals surface area contributed by atoms with E-state index in [0.29, 0.717) is 36.5 Å². The number of carboxylic acids is 1. The number of hydrogen-bond acceptors (Lipinski definition) is 5. The molecule has 1 unspecified atom stereocenters. The highest BCUT2D eigenvalue weighted by Gasteiger charge is 2.72. The molecule has 50 heavy (non-hydrogen) atoms. The molecule has 5 rings (SSSR count). The summed E-state index contributed by atoms with van der Waals surface area (Å²) in [5, 5.41) is 12.2. The van der Waals surface area contributed by atoms with E-state index >= 15 is 0 Å². The van der Waals surface area contributed by atoms with E-state index in [0.717, 1.165) is 115 Å². The normalized spacial score (nSPS) is 38.6. The van der Waals surface area contributed by atoms with Crippen molar-refractivity contribution in [2.45, 2.75) is 164 Å². The van der Waals surface area contributed by atoms with Crippen LogP contribution in [0.25, 0.3) is 0 Å². The molecule has 7 nitrogen and oxygen atoms in total. The van der Waals surface area contributed by atoms with Crippen molar-refractivity contribution < 1.29 is 29.0 Å². The number of rotatable bonds is 15. The minimum Gasteiger partial charge on any atom is -0.481 e. The van der Waals surface area contributed by atoms with Crippen LogP contribution in [0.2, 0.25) is 0 Å². The fourth-order valence-corrected chi connectivity index (χ4v) is 13.4. The van der Waals surface area contributed by atoms with E-state index in [1.807, 2.05) is 0 Å². The lowest BCUT2D eigenvalue weighted by molar-refractivity contribution is -0.233. The van der Waals surface area contributed by atoms with Crippen molar-refractivity contribution in [2.75, 3.05) is 13.2 Å². The molecule has 282 valence electrons. The van der Waals surface area contributed by atoms with Crippen LogP contribution in [0.4, 0.5) is 0 Å². The van der Waals surface area contributed by atoms with Crippen molar-refractivity contribution in [3.05, 3.63) is 12.2 Å². The van der Waals surface area contributed by atoms with Crippen LogP contribution in [0.5, 0.6) is 0 Å². The van der Waals surface area contributed by atoms with Gasteiger partial charge in [-0.15, -0.1) is 0 Å². The van der Waals surface area contributed by atoms with Crippen LogP contribution in [0.15, 0.2) is 12.2 Å². The highest BCUT2D eigenvalue weighted by atomic mass is 16.5. The second-order valence-corrected chi connectivity index (χ2v) is 18.8. The molecule has 0 aromatic heterocycles. The van der Waals surface area contributed by atoms with Crippen LogP contribution < -0.4 is 5.32 Å². The monoisotopic (exact) mass is 696 g/mol. The van der Waals surface area contributed by atoms with Gasteiger partial charge in [-0.2, -0.15) is 0 Å². The highest BCUT2D eigenvalue weighted by Crippen LogP contribution is 2.77. The zero-order valence-electron chi connectivity index (χ0n) is 32.4. The largest absolute Gasteiger partial charge is 0.481 e. The number of carboxylic acid groups (broad SMARTS) is 1. The summed E-state index contributed by atoms with van der Waals surface area (Å²) in [6.07, 6.45) is 18.6. The summed E-state index contributed by atoms with van der Waals surface area (Å²) >= 11 is 0. The summed E-state index contributed by atoms with van der Waals surface area (Å²) in [6.45, 7) is 19.0. The molecule has 5 aliphatic carbocycles. The third-order valence-electron chi connectivity index (χ3n) is 16.2. The van der Waals surface area contributed by atoms with Gasteiger partial charge < -0.3 is 15.2 Å². The third-order valence-corrected chi connectivity index (χ3v) is 16.2. The maximum absolute atomic E-state index is 14.5. The fraction of sp³-hybridized carbons (Fsp3) is 0.860. The lowest BCUT2D eigenvalue weighted by atomic mass is 9.32. The van der Waals surface area contributed by atoms with E-state index in [1.54, 1.807) is 0 Å². The Bertz CT molecular complexity index is 1310. The Hall–Kier alpha value is -2.18. The number of Topliss-reactive ketones (excluding diaryl/α,β-unsaturated/α-hetero) is 1. The number of aliphatic carboxylic acids is 1. The molecular weight excluding hydrogens is 626 g/mol. The molecule has 0 bridgehead atoms. The Morgan fingerprint density at radius 1 is 0.800 bits per heavy atom. The van der Waals surface area contributed by atoms with Crippen LogP contribution in [-0.4, -0.2) is 41.9 Å². The van der Waals surface area contributed by atoms with E-state index in [1.165, 1.54) is 6.92 Å². The summed E-state index contributed by atoms with van der Waals surface area (Å²) < 4.78 is 5.51. The Morgan fingerprint density at radius 3 is 2.12 bits per heavy atom. The van der Waals surface area contributed by atoms with E-state index < -0.39 is 11.4 Å². The molecule has 0 aliphatic heterocycles. The molecule has 5 aliphatic rings. The van der Waals surface area contributed by atoms with Gasteiger partial charge in [-0.25, -0.2) is 0 Å². The maximum atomic E-state index is 14.5. The Labute approximate surface area is 302 Å². The number of carbonyl (C=O) groups excluding carboxylic acids is 3. The second-order valence-electron chi connectivity index (χ2n) is 18.8. The average molecular weight is 696 g/mol. The molecule has 0 aromatic carbocycles. The fourth-order valence-electron chi connectivity index (χ4n) is 13.4. The smallest absolute Gasteiger partial charge is 0.303 e. The van der Waals surface area contributed by atoms with Gasteiger partial charge >= 0.3 is 11.9 Å². The third kappa shape index (κ3) is 6.86. The van der Waals surface area contributed by atoms with Crippen molar-refractivity contribution in [3.63, 3.8) is 0 Å². The molecule has 0 radical (unpaired) electrons. The van der Waals surface area contributed by atoms with E-state index in [-0.39, 0.29) is 58.4 Å². The molecule has 1 amide bonds. The number of nitrogens with one attached hydrogen (secondary N) is 1. The van der Waals surface area contributed by atoms with Gasteiger partial charge in [-0.3, -0.25) is 19.2 Å². The predicted molar refractivity (Wildman–Crippen MR) is 197 cm³/mol. The Balaban J connectivity index is 1.29. The van der Waals surface area contributed by atoms with Crippen LogP contribution in [0.3, 0.4) is 0 Å². The number of esters is 1. The van der Waals surface area contributed by atoms with Gasteiger partial charge in [0.2, 0.25) is 5.91 Å². The zero-order chi connectivity index (χ0) is 36.5. The van der Waals surface area contributed by atoms with E-state index in [2.05, 4.69) is 46.5 Å². The van der Waals surface area contributed by atoms with Gasteiger partial charge in [0.25, 0.3) is 0 Å². The second kappa shape index (κ2) is 15.0. The zero-order valence-corrected chi connectivity index (χ0v) is 32.4. The first-order valence-electron chi connectivity index (χ1n) is 20.4. The first-order valence-corrected chi connectivity index (χ1v) is 20.4. The summed E-state index contributed by atoms with van der Waals surface area (Å²) in [6, 6.07) is 0. The standard InChI is InChI=1S/C43H69NO6/c1-29(28-50-30(2)45)31-19-24-43(38(49)44-27-15-13-11-9-8-10-12-14-16-36(47)48)26-25-41(6)32(37(31)43)17-18-34-40(5)22-21-35(46)39(3,4)33(40)20-23-42(34,41)7/h31-34,37H,1,8-28H2,2-7H3,(H,44,49)(H,47,48)/t31-,32+,33-,34?,37+,40-,41+,42+,43-/m0/s1. The first kappa shape index (κ1) is 39.0. The van der Waals surface area contributed by atoms with Crippen LogP contribution >= 0.6 is 0 Å². The molecule has 0 spiro atoms. The molecular formula is C43H69NO6. The quantitative estimate of drug-likeness (QED) is 0.100. The number of unbranched alkanes of at least 4 members (excludes halogenated alkanes) is 7. The van der Waals surface area contributed by atoms with Crippen molar-refractivity contribution in [1.29, 1.82) is 0 Å². The molecule has 9 atom stereocenters. The van der Waals surface area contributed by atoms with Crippen molar-refractivity contribution in [3.8, 4) is 0 Å². The molecule has 0 heterocycles. The summed E-state index contributed by atoms with van der Waals surface area (Å²) in [7, 11) is 0. The summed E-state index contributed by atoms with van der Waals surface area (Å²) in [5.41, 5.74) is 0.678. The predicted octanol–water partition coefficient (Wildman–Crippen LogP) is 9.47. The van der Waals surface area contributed by atoms with Gasteiger partial charge in [0.05, 0.1) is 5.41 Å². The number of amides is 1. The number of ketones is 1. The minimum absolute atomic E-state index is 0.0852. The van der Waals surface area contributed by atoms with Crippen molar-refractivity contribution in [2.24, 2.45) is 56.7 Å². The van der Waals surface area contributed by atoms with E-state index in [4.69, 9.17) is 9.84 Å². The van der Waals surface area contributed by atoms with Crippen molar-refractivity contribution in [1.82, 2.24) is 5.32 Å². The SMILES string of the molecule is C=C(COC(C)=O)[C@@H]1CC[C@]2(C(=O)NCCCCCCCCCCC(=O)O)CC[C@]3(C)[C@H](CCC4[C@@]5(C)CCC(=O)C(C)(C)[C@@H]5CC[C@]43C)[C@@H]12. The van der Waals surface area contributed by atoms with Gasteiger partial charge in [-0.1, -0.05) is 79.7 Å². The number of carbonyl (C=O) groups is 4. The van der Waals surface area contributed by atoms with Gasteiger partial charge in [0.1, 0.15) is 12.4 Å². The van der Waals surface area contributed by atoms with Gasteiger partial charge in [0.15, 0.2) is 0 Å². The van der Waals surface area contributed by atoms with Crippen LogP contribution in [-0.2, 0) is 23.9 Å². The minimum atomic E-state index is -0.707. The topological polar surface area (TPSA) is 110 Å². The first-order chi connectivity index (χ1) is 23.5. The van der Waals surface area contributed by atoms with Gasteiger partial charge in [0, 0.05) is 31.7 Å². The van der Waals surface area contributed by atoms with Gasteiger partial charge in [-0.05, 0) is 122 Å². The molecule has 5 fully saturated rings. The Morgan fingerprint density at radius 2 is 1.46 bits per heavy atom. The number of ether oxygens (including phenoxy) is 1. The number of fused-ring (bicyclic) bond motifs is 7. The average Bonchev–Trinajstić information content (AvgIpc) is 3.45. The highest BCUT2D eigenvalue weighted by molar-refractivity contribution is 5.85. The van der Waals surface area contributed by atoms with Crippen LogP contribution in [0.1, 0.15) is 164 Å². The maximum Gasteiger partial charge on any atom is 0.303 e. The van der Waals surface area contributed by atoms with E-state index in [9.17, 15) is 19.2 Å². The number of hydrogen-bond donors (Lipinski definition) is 2. The lowest BCUT2D eigenvalue weighted by Gasteiger charge is -2.72. The van der Waals surface area contributed by atoms with Crippen LogP contribution in [0, 0.1) is 56.7 Å². The molecule has 0 aromatic rings. The molecule has 7 heteroatoms. The lowest BCUT2D eigenvalue weighted by Crippen LogP contribution is -2.67. The molecule has 2 N–H and O–H groups in total. The van der Waals surface area contributed by atoms with Crippen molar-refractivity contribution >= 4 is 23.6 Å². The molecule has 0 saturated heterocycles. The molecule has 5 saturated carbocycles. The Kier molecular flexibility index (Phi) is 11.7. The summed E-state index contributed by atoms with van der Waals surface area (Å²) in [5.74, 6) is 1.44.